The standard InChI is InChI=1S/C12H11BrN2O2S/c1-8-6-14-12(18-8)15-11(16)7-17-10-4-2-9(13)3-5-10/h2-6H,7H2,1H3,(H,14,15,16). The number of carbonyl (C=O) groups excluding carboxylic acids is 1. The fraction of sp³-hybridized carbons (Fsp3) is 0.167. The van der Waals surface area contributed by atoms with Crippen LogP contribution in [0.25, 0.3) is 0 Å². The number of carbonyl (C=O) groups is 1. The third-order valence-electron chi connectivity index (χ3n) is 2.05. The van der Waals surface area contributed by atoms with Gasteiger partial charge in [0.15, 0.2) is 11.7 Å². The Labute approximate surface area is 117 Å². The summed E-state index contributed by atoms with van der Waals surface area (Å²) in [5.74, 6) is 0.441. The molecule has 1 heterocycles. The molecular formula is C12H11BrN2O2S. The quantitative estimate of drug-likeness (QED) is 0.938. The summed E-state index contributed by atoms with van der Waals surface area (Å²) >= 11 is 4.77. The maximum atomic E-state index is 11.6. The molecule has 2 rings (SSSR count). The van der Waals surface area contributed by atoms with Gasteiger partial charge >= 0.3 is 0 Å². The molecule has 2 aromatic rings. The lowest BCUT2D eigenvalue weighted by molar-refractivity contribution is -0.118. The van der Waals surface area contributed by atoms with Gasteiger partial charge in [-0.25, -0.2) is 4.98 Å². The number of nitrogens with zero attached hydrogens (tertiary/aromatic N) is 1. The molecule has 0 bridgehead atoms. The van der Waals surface area contributed by atoms with Crippen LogP contribution >= 0.6 is 27.3 Å². The van der Waals surface area contributed by atoms with Gasteiger partial charge in [-0.1, -0.05) is 15.9 Å². The van der Waals surface area contributed by atoms with Crippen molar-refractivity contribution in [2.45, 2.75) is 6.92 Å². The maximum absolute atomic E-state index is 11.6. The fourth-order valence-corrected chi connectivity index (χ4v) is 2.19. The highest BCUT2D eigenvalue weighted by atomic mass is 79.9. The molecule has 18 heavy (non-hydrogen) atoms. The van der Waals surface area contributed by atoms with E-state index in [1.54, 1.807) is 18.3 Å². The Hall–Kier alpha value is -1.40. The van der Waals surface area contributed by atoms with E-state index in [-0.39, 0.29) is 12.5 Å². The molecule has 0 aliphatic heterocycles. The van der Waals surface area contributed by atoms with E-state index in [2.05, 4.69) is 26.2 Å². The molecule has 0 saturated heterocycles. The number of anilines is 1. The molecule has 94 valence electrons. The van der Waals surface area contributed by atoms with Gasteiger partial charge in [0.25, 0.3) is 5.91 Å². The predicted octanol–water partition coefficient (Wildman–Crippen LogP) is 3.23. The molecule has 0 aliphatic carbocycles. The lowest BCUT2D eigenvalue weighted by Crippen LogP contribution is -2.19. The molecule has 1 aromatic heterocycles. The van der Waals surface area contributed by atoms with E-state index in [1.807, 2.05) is 19.1 Å². The molecule has 4 nitrogen and oxygen atoms in total. The summed E-state index contributed by atoms with van der Waals surface area (Å²) in [6.07, 6.45) is 1.72. The Morgan fingerprint density at radius 3 is 2.78 bits per heavy atom. The minimum Gasteiger partial charge on any atom is -0.484 e. The maximum Gasteiger partial charge on any atom is 0.264 e. The number of thiazole rings is 1. The summed E-state index contributed by atoms with van der Waals surface area (Å²) < 4.78 is 6.32. The zero-order valence-corrected chi connectivity index (χ0v) is 12.0. The van der Waals surface area contributed by atoms with Gasteiger partial charge in [0, 0.05) is 15.5 Å². The highest BCUT2D eigenvalue weighted by Gasteiger charge is 2.06. The summed E-state index contributed by atoms with van der Waals surface area (Å²) in [4.78, 5) is 16.7. The second-order valence-electron chi connectivity index (χ2n) is 3.57. The van der Waals surface area contributed by atoms with Crippen molar-refractivity contribution in [3.8, 4) is 5.75 Å². The second-order valence-corrected chi connectivity index (χ2v) is 5.72. The molecule has 0 aliphatic rings. The average Bonchev–Trinajstić information content (AvgIpc) is 2.74. The Balaban J connectivity index is 1.83. The number of halogens is 1. The molecule has 0 spiro atoms. The first-order valence-electron chi connectivity index (χ1n) is 5.24. The number of rotatable bonds is 4. The summed E-state index contributed by atoms with van der Waals surface area (Å²) in [6, 6.07) is 7.31. The molecule has 0 atom stereocenters. The minimum atomic E-state index is -0.215. The van der Waals surface area contributed by atoms with Crippen molar-refractivity contribution in [2.24, 2.45) is 0 Å². The first-order valence-corrected chi connectivity index (χ1v) is 6.85. The monoisotopic (exact) mass is 326 g/mol. The molecule has 6 heteroatoms. The van der Waals surface area contributed by atoms with Crippen molar-refractivity contribution in [1.82, 2.24) is 4.98 Å². The molecule has 0 saturated carbocycles. The number of hydrogen-bond donors (Lipinski definition) is 1. The number of aryl methyl sites for hydroxylation is 1. The third-order valence-corrected chi connectivity index (χ3v) is 3.41. The van der Waals surface area contributed by atoms with E-state index in [0.717, 1.165) is 9.35 Å². The van der Waals surface area contributed by atoms with Gasteiger partial charge in [0.2, 0.25) is 0 Å². The molecule has 1 aromatic carbocycles. The summed E-state index contributed by atoms with van der Waals surface area (Å²) in [5.41, 5.74) is 0. The molecule has 1 amide bonds. The van der Waals surface area contributed by atoms with Crippen LogP contribution in [0.15, 0.2) is 34.9 Å². The first-order chi connectivity index (χ1) is 8.63. The van der Waals surface area contributed by atoms with Gasteiger partial charge < -0.3 is 4.74 Å². The minimum absolute atomic E-state index is 0.0275. The zero-order chi connectivity index (χ0) is 13.0. The summed E-state index contributed by atoms with van der Waals surface area (Å²) in [6.45, 7) is 1.91. The lowest BCUT2D eigenvalue weighted by atomic mass is 10.3. The van der Waals surface area contributed by atoms with Crippen molar-refractivity contribution in [3.63, 3.8) is 0 Å². The first kappa shape index (κ1) is 13.0. The van der Waals surface area contributed by atoms with E-state index < -0.39 is 0 Å². The average molecular weight is 327 g/mol. The topological polar surface area (TPSA) is 51.2 Å². The largest absolute Gasteiger partial charge is 0.484 e. The van der Waals surface area contributed by atoms with Crippen LogP contribution in [0.2, 0.25) is 0 Å². The number of hydrogen-bond acceptors (Lipinski definition) is 4. The van der Waals surface area contributed by atoms with Crippen LogP contribution in [-0.4, -0.2) is 17.5 Å². The molecule has 0 fully saturated rings. The Morgan fingerprint density at radius 1 is 1.44 bits per heavy atom. The van der Waals surface area contributed by atoms with Crippen molar-refractivity contribution >= 4 is 38.3 Å². The smallest absolute Gasteiger partial charge is 0.264 e. The van der Waals surface area contributed by atoms with Crippen molar-refractivity contribution < 1.29 is 9.53 Å². The number of benzene rings is 1. The van der Waals surface area contributed by atoms with Crippen molar-refractivity contribution in [2.75, 3.05) is 11.9 Å². The van der Waals surface area contributed by atoms with Gasteiger partial charge in [0.05, 0.1) is 0 Å². The number of ether oxygens (including phenoxy) is 1. The van der Waals surface area contributed by atoms with E-state index in [4.69, 9.17) is 4.74 Å². The van der Waals surface area contributed by atoms with Gasteiger partial charge in [-0.05, 0) is 31.2 Å². The molecule has 1 N–H and O–H groups in total. The zero-order valence-electron chi connectivity index (χ0n) is 9.64. The lowest BCUT2D eigenvalue weighted by Gasteiger charge is -2.05. The van der Waals surface area contributed by atoms with Crippen LogP contribution in [0.1, 0.15) is 4.88 Å². The Morgan fingerprint density at radius 2 is 2.17 bits per heavy atom. The van der Waals surface area contributed by atoms with Crippen LogP contribution in [0.4, 0.5) is 5.13 Å². The third kappa shape index (κ3) is 3.82. The van der Waals surface area contributed by atoms with E-state index in [1.165, 1.54) is 11.3 Å². The number of nitrogens with one attached hydrogen (secondary N) is 1. The number of amides is 1. The van der Waals surface area contributed by atoms with Crippen LogP contribution in [0.5, 0.6) is 5.75 Å². The van der Waals surface area contributed by atoms with Crippen molar-refractivity contribution in [3.05, 3.63) is 39.8 Å². The number of aromatic nitrogens is 1. The van der Waals surface area contributed by atoms with Crippen LogP contribution in [-0.2, 0) is 4.79 Å². The SMILES string of the molecule is Cc1cnc(NC(=O)COc2ccc(Br)cc2)s1. The normalized spacial score (nSPS) is 10.1. The summed E-state index contributed by atoms with van der Waals surface area (Å²) in [7, 11) is 0. The van der Waals surface area contributed by atoms with Gasteiger partial charge in [-0.3, -0.25) is 10.1 Å². The fourth-order valence-electron chi connectivity index (χ4n) is 1.25. The van der Waals surface area contributed by atoms with Crippen molar-refractivity contribution in [1.29, 1.82) is 0 Å². The Bertz CT molecular complexity index is 539. The van der Waals surface area contributed by atoms with Gasteiger partial charge in [-0.2, -0.15) is 0 Å². The summed E-state index contributed by atoms with van der Waals surface area (Å²) in [5, 5.41) is 3.27. The second kappa shape index (κ2) is 5.97. The molecular weight excluding hydrogens is 316 g/mol. The highest BCUT2D eigenvalue weighted by Crippen LogP contribution is 2.17. The van der Waals surface area contributed by atoms with E-state index >= 15 is 0 Å². The highest BCUT2D eigenvalue weighted by molar-refractivity contribution is 9.10. The van der Waals surface area contributed by atoms with Crippen LogP contribution in [0.3, 0.4) is 0 Å². The van der Waals surface area contributed by atoms with E-state index in [9.17, 15) is 4.79 Å². The van der Waals surface area contributed by atoms with Crippen LogP contribution < -0.4 is 10.1 Å². The van der Waals surface area contributed by atoms with E-state index in [0.29, 0.717) is 10.9 Å². The van der Waals surface area contributed by atoms with Gasteiger partial charge in [-0.15, -0.1) is 11.3 Å². The molecule has 0 unspecified atom stereocenters. The Kier molecular flexibility index (Phi) is 4.33. The van der Waals surface area contributed by atoms with Gasteiger partial charge in [0.1, 0.15) is 5.75 Å². The van der Waals surface area contributed by atoms with Crippen LogP contribution in [0, 0.1) is 6.92 Å². The molecule has 0 radical (unpaired) electrons. The predicted molar refractivity (Wildman–Crippen MR) is 75.1 cm³/mol.